The molecule has 0 saturated carbocycles. The van der Waals surface area contributed by atoms with Crippen molar-refractivity contribution in [3.63, 3.8) is 0 Å². The number of carbonyl (C=O) groups is 1. The van der Waals surface area contributed by atoms with Crippen molar-refractivity contribution in [1.29, 1.82) is 0 Å². The lowest BCUT2D eigenvalue weighted by atomic mass is 10.1. The van der Waals surface area contributed by atoms with Gasteiger partial charge < -0.3 is 14.6 Å². The second kappa shape index (κ2) is 8.21. The van der Waals surface area contributed by atoms with E-state index in [1.54, 1.807) is 0 Å². The van der Waals surface area contributed by atoms with E-state index >= 15 is 0 Å². The Labute approximate surface area is 171 Å². The van der Waals surface area contributed by atoms with Crippen molar-refractivity contribution in [2.75, 3.05) is 0 Å². The number of halogens is 6. The summed E-state index contributed by atoms with van der Waals surface area (Å²) >= 11 is 0. The summed E-state index contributed by atoms with van der Waals surface area (Å²) in [6, 6.07) is 11.0. The second-order valence-corrected chi connectivity index (χ2v) is 6.19. The van der Waals surface area contributed by atoms with Gasteiger partial charge in [0.25, 0.3) is 0 Å². The summed E-state index contributed by atoms with van der Waals surface area (Å²) in [6.07, 6.45) is -9.10. The number of ether oxygens (including phenoxy) is 2. The molecule has 0 fully saturated rings. The van der Waals surface area contributed by atoms with Crippen molar-refractivity contribution >= 4 is 5.97 Å². The number of hydrogen-bond donors (Lipinski definition) is 1. The van der Waals surface area contributed by atoms with Gasteiger partial charge in [0.05, 0.1) is 11.1 Å². The predicted octanol–water partition coefficient (Wildman–Crippen LogP) is 7.01. The minimum atomic E-state index is -4.56. The molecule has 0 unspecified atom stereocenters. The van der Waals surface area contributed by atoms with Crippen LogP contribution in [0.3, 0.4) is 0 Å². The first-order valence-electron chi connectivity index (χ1n) is 8.51. The van der Waals surface area contributed by atoms with Crippen LogP contribution in [0.1, 0.15) is 21.5 Å². The highest BCUT2D eigenvalue weighted by Gasteiger charge is 2.31. The van der Waals surface area contributed by atoms with Gasteiger partial charge in [-0.1, -0.05) is 6.07 Å². The Hall–Kier alpha value is -3.69. The third kappa shape index (κ3) is 5.27. The topological polar surface area (TPSA) is 55.8 Å². The van der Waals surface area contributed by atoms with Crippen LogP contribution in [0, 0.1) is 0 Å². The third-order valence-corrected chi connectivity index (χ3v) is 4.02. The molecule has 0 bridgehead atoms. The van der Waals surface area contributed by atoms with Crippen molar-refractivity contribution in [3.05, 3.63) is 83.4 Å². The van der Waals surface area contributed by atoms with E-state index in [0.717, 1.165) is 48.5 Å². The Morgan fingerprint density at radius 2 is 1.13 bits per heavy atom. The van der Waals surface area contributed by atoms with Crippen LogP contribution >= 0.6 is 0 Å². The maximum atomic E-state index is 12.7. The van der Waals surface area contributed by atoms with Gasteiger partial charge in [-0.2, -0.15) is 26.3 Å². The number of benzene rings is 3. The molecule has 162 valence electrons. The maximum absolute atomic E-state index is 12.7. The van der Waals surface area contributed by atoms with Crippen LogP contribution in [0.25, 0.3) is 0 Å². The van der Waals surface area contributed by atoms with E-state index in [2.05, 4.69) is 0 Å². The lowest BCUT2D eigenvalue weighted by Gasteiger charge is -2.15. The molecular weight excluding hydrogens is 430 g/mol. The molecule has 1 N–H and O–H groups in total. The number of hydrogen-bond acceptors (Lipinski definition) is 3. The van der Waals surface area contributed by atoms with Gasteiger partial charge in [-0.25, -0.2) is 4.79 Å². The predicted molar refractivity (Wildman–Crippen MR) is 96.4 cm³/mol. The van der Waals surface area contributed by atoms with E-state index in [1.165, 1.54) is 18.2 Å². The van der Waals surface area contributed by atoms with Crippen LogP contribution in [0.5, 0.6) is 23.0 Å². The number of para-hydroxylation sites is 1. The largest absolute Gasteiger partial charge is 0.478 e. The summed E-state index contributed by atoms with van der Waals surface area (Å²) in [5.41, 5.74) is -2.18. The van der Waals surface area contributed by atoms with E-state index in [4.69, 9.17) is 9.47 Å². The highest BCUT2D eigenvalue weighted by atomic mass is 19.4. The zero-order chi connectivity index (χ0) is 22.8. The van der Waals surface area contributed by atoms with Crippen LogP contribution in [0.2, 0.25) is 0 Å². The quantitative estimate of drug-likeness (QED) is 0.432. The van der Waals surface area contributed by atoms with Crippen molar-refractivity contribution in [1.82, 2.24) is 0 Å². The Morgan fingerprint density at radius 1 is 0.677 bits per heavy atom. The minimum Gasteiger partial charge on any atom is -0.478 e. The third-order valence-electron chi connectivity index (χ3n) is 4.02. The molecule has 0 aliphatic rings. The normalized spacial score (nSPS) is 11.8. The van der Waals surface area contributed by atoms with Gasteiger partial charge in [0.1, 0.15) is 17.1 Å². The lowest BCUT2D eigenvalue weighted by molar-refractivity contribution is -0.138. The van der Waals surface area contributed by atoms with Crippen molar-refractivity contribution < 1.29 is 45.7 Å². The standard InChI is InChI=1S/C21H12F6O4/c22-20(23,24)12-4-8-14(9-5-12)30-17-3-1-2-16(19(28)29)18(17)31-15-10-6-13(7-11-15)21(25,26)27/h1-11H,(H,28,29). The van der Waals surface area contributed by atoms with Gasteiger partial charge in [0.2, 0.25) is 0 Å². The molecule has 0 aliphatic carbocycles. The first-order chi connectivity index (χ1) is 14.4. The number of carboxylic acids is 1. The van der Waals surface area contributed by atoms with Crippen molar-refractivity contribution in [2.24, 2.45) is 0 Å². The molecule has 0 atom stereocenters. The van der Waals surface area contributed by atoms with E-state index < -0.39 is 29.4 Å². The fourth-order valence-electron chi connectivity index (χ4n) is 2.54. The first kappa shape index (κ1) is 22.0. The molecule has 10 heteroatoms. The Morgan fingerprint density at radius 3 is 1.55 bits per heavy atom. The SMILES string of the molecule is O=C(O)c1cccc(Oc2ccc(C(F)(F)F)cc2)c1Oc1ccc(C(F)(F)F)cc1. The van der Waals surface area contributed by atoms with Gasteiger partial charge in [0, 0.05) is 0 Å². The monoisotopic (exact) mass is 442 g/mol. The summed E-state index contributed by atoms with van der Waals surface area (Å²) in [6.45, 7) is 0. The molecule has 0 heterocycles. The van der Waals surface area contributed by atoms with Gasteiger partial charge in [-0.05, 0) is 60.7 Å². The molecule has 0 spiro atoms. The lowest BCUT2D eigenvalue weighted by Crippen LogP contribution is -2.05. The molecule has 0 aromatic heterocycles. The molecule has 4 nitrogen and oxygen atoms in total. The average molecular weight is 442 g/mol. The van der Waals surface area contributed by atoms with Gasteiger partial charge in [0.15, 0.2) is 11.5 Å². The number of carboxylic acid groups (broad SMARTS) is 1. The average Bonchev–Trinajstić information content (AvgIpc) is 2.68. The summed E-state index contributed by atoms with van der Waals surface area (Å²) in [5, 5.41) is 9.40. The molecule has 3 rings (SSSR count). The van der Waals surface area contributed by atoms with Crippen LogP contribution in [0.4, 0.5) is 26.3 Å². The second-order valence-electron chi connectivity index (χ2n) is 6.19. The summed E-state index contributed by atoms with van der Waals surface area (Å²) in [5.74, 6) is -2.01. The fraction of sp³-hybridized carbons (Fsp3) is 0.0952. The number of rotatable bonds is 5. The Bertz CT molecular complexity index is 1070. The number of alkyl halides is 6. The van der Waals surface area contributed by atoms with E-state index in [1.807, 2.05) is 0 Å². The highest BCUT2D eigenvalue weighted by Crippen LogP contribution is 2.39. The molecule has 0 amide bonds. The maximum Gasteiger partial charge on any atom is 0.416 e. The van der Waals surface area contributed by atoms with Gasteiger partial charge >= 0.3 is 18.3 Å². The van der Waals surface area contributed by atoms with E-state index in [0.29, 0.717) is 0 Å². The van der Waals surface area contributed by atoms with Crippen molar-refractivity contribution in [2.45, 2.75) is 12.4 Å². The summed E-state index contributed by atoms with van der Waals surface area (Å²) in [4.78, 5) is 11.5. The number of aromatic carboxylic acids is 1. The highest BCUT2D eigenvalue weighted by molar-refractivity contribution is 5.92. The molecule has 0 radical (unpaired) electrons. The Balaban J connectivity index is 1.93. The van der Waals surface area contributed by atoms with Gasteiger partial charge in [-0.3, -0.25) is 0 Å². The zero-order valence-electron chi connectivity index (χ0n) is 15.3. The summed E-state index contributed by atoms with van der Waals surface area (Å²) < 4.78 is 87.2. The Kier molecular flexibility index (Phi) is 5.83. The van der Waals surface area contributed by atoms with Crippen LogP contribution in [-0.2, 0) is 12.4 Å². The molecule has 0 saturated heterocycles. The minimum absolute atomic E-state index is 0.0344. The first-order valence-corrected chi connectivity index (χ1v) is 8.51. The molecule has 31 heavy (non-hydrogen) atoms. The molecular formula is C21H12F6O4. The van der Waals surface area contributed by atoms with Crippen LogP contribution in [-0.4, -0.2) is 11.1 Å². The fourth-order valence-corrected chi connectivity index (χ4v) is 2.54. The van der Waals surface area contributed by atoms with E-state index in [9.17, 15) is 36.2 Å². The van der Waals surface area contributed by atoms with Crippen LogP contribution in [0.15, 0.2) is 66.7 Å². The van der Waals surface area contributed by atoms with Crippen molar-refractivity contribution in [3.8, 4) is 23.0 Å². The zero-order valence-corrected chi connectivity index (χ0v) is 15.3. The van der Waals surface area contributed by atoms with E-state index in [-0.39, 0.29) is 28.6 Å². The summed E-state index contributed by atoms with van der Waals surface area (Å²) in [7, 11) is 0. The van der Waals surface area contributed by atoms with Gasteiger partial charge in [-0.15, -0.1) is 0 Å². The smallest absolute Gasteiger partial charge is 0.416 e. The molecule has 3 aromatic rings. The molecule has 0 aliphatic heterocycles. The molecule has 3 aromatic carbocycles. The van der Waals surface area contributed by atoms with Crippen LogP contribution < -0.4 is 9.47 Å².